The fraction of sp³-hybridized carbons (Fsp3) is 0.310. The van der Waals surface area contributed by atoms with Crippen molar-refractivity contribution < 1.29 is 37.7 Å². The number of carboxylic acids is 1. The van der Waals surface area contributed by atoms with Crippen LogP contribution in [0, 0.1) is 11.6 Å². The number of fused-ring (bicyclic) bond motifs is 3. The molecule has 11 nitrogen and oxygen atoms in total. The Morgan fingerprint density at radius 1 is 1.12 bits per heavy atom. The summed E-state index contributed by atoms with van der Waals surface area (Å²) in [6.45, 7) is 4.49. The van der Waals surface area contributed by atoms with Crippen LogP contribution in [0.15, 0.2) is 42.7 Å². The minimum absolute atomic E-state index is 0.0228. The van der Waals surface area contributed by atoms with E-state index in [9.17, 15) is 18.4 Å². The molecule has 1 saturated heterocycles. The van der Waals surface area contributed by atoms with Crippen LogP contribution in [0.3, 0.4) is 0 Å². The van der Waals surface area contributed by atoms with Gasteiger partial charge in [0.2, 0.25) is 0 Å². The van der Waals surface area contributed by atoms with Crippen LogP contribution in [-0.4, -0.2) is 73.9 Å². The highest BCUT2D eigenvalue weighted by molar-refractivity contribution is 5.97. The number of methoxy groups -OCH3 is 1. The molecule has 0 aliphatic carbocycles. The van der Waals surface area contributed by atoms with Crippen molar-refractivity contribution >= 4 is 11.9 Å². The molecule has 13 heteroatoms. The SMILES string of the molecule is COc1cc2c(cc1-c1cnn(CC(=O)O)c1)-c1c(c(C(=O)N3CCOCC3(C)C)nn1-c1cc(F)cc(F)c1)CO2. The van der Waals surface area contributed by atoms with E-state index >= 15 is 0 Å². The lowest BCUT2D eigenvalue weighted by Crippen LogP contribution is -2.55. The quantitative estimate of drug-likeness (QED) is 0.365. The van der Waals surface area contributed by atoms with E-state index < -0.39 is 23.1 Å². The Kier molecular flexibility index (Phi) is 6.68. The third-order valence-electron chi connectivity index (χ3n) is 7.34. The first-order valence-electron chi connectivity index (χ1n) is 13.1. The van der Waals surface area contributed by atoms with E-state index in [1.807, 2.05) is 13.8 Å². The van der Waals surface area contributed by atoms with E-state index in [1.165, 1.54) is 22.7 Å². The van der Waals surface area contributed by atoms with Crippen molar-refractivity contribution in [3.8, 4) is 39.6 Å². The standard InChI is InChI=1S/C29H27F2N5O6/c1-29(2)15-41-5-4-35(29)28(39)26-22-14-42-24-10-23(40-3)20(16-11-32-34(12-16)13-25(37)38)9-21(24)27(22)36(33-26)19-7-17(30)6-18(31)8-19/h6-12H,4-5,13-15H2,1-3H3,(H,37,38). The number of rotatable bonds is 6. The average molecular weight is 580 g/mol. The summed E-state index contributed by atoms with van der Waals surface area (Å²) < 4.78 is 48.7. The van der Waals surface area contributed by atoms with Crippen molar-refractivity contribution in [2.45, 2.75) is 32.5 Å². The second kappa shape index (κ2) is 10.2. The maximum atomic E-state index is 14.4. The summed E-state index contributed by atoms with van der Waals surface area (Å²) >= 11 is 0. The summed E-state index contributed by atoms with van der Waals surface area (Å²) in [4.78, 5) is 26.8. The van der Waals surface area contributed by atoms with Gasteiger partial charge in [0.25, 0.3) is 5.91 Å². The van der Waals surface area contributed by atoms with Gasteiger partial charge in [0, 0.05) is 47.1 Å². The monoisotopic (exact) mass is 579 g/mol. The van der Waals surface area contributed by atoms with Crippen molar-refractivity contribution in [1.29, 1.82) is 0 Å². The van der Waals surface area contributed by atoms with E-state index in [1.54, 1.807) is 23.2 Å². The summed E-state index contributed by atoms with van der Waals surface area (Å²) in [7, 11) is 1.49. The van der Waals surface area contributed by atoms with Gasteiger partial charge in [-0.2, -0.15) is 10.2 Å². The molecule has 0 saturated carbocycles. The van der Waals surface area contributed by atoms with E-state index in [0.717, 1.165) is 18.2 Å². The Morgan fingerprint density at radius 2 is 1.88 bits per heavy atom. The highest BCUT2D eigenvalue weighted by Crippen LogP contribution is 2.46. The number of ether oxygens (including phenoxy) is 3. The zero-order chi connectivity index (χ0) is 29.8. The Bertz CT molecular complexity index is 1710. The van der Waals surface area contributed by atoms with Crippen LogP contribution < -0.4 is 9.47 Å². The Hall–Kier alpha value is -4.78. The molecule has 6 rings (SSSR count). The maximum Gasteiger partial charge on any atom is 0.325 e. The Morgan fingerprint density at radius 3 is 2.57 bits per heavy atom. The number of halogens is 2. The Labute approximate surface area is 238 Å². The van der Waals surface area contributed by atoms with Gasteiger partial charge in [0.1, 0.15) is 36.3 Å². The number of hydrogen-bond acceptors (Lipinski definition) is 7. The van der Waals surface area contributed by atoms with Crippen LogP contribution in [-0.2, 0) is 22.7 Å². The molecular formula is C29H27F2N5O6. The van der Waals surface area contributed by atoms with Gasteiger partial charge < -0.3 is 24.2 Å². The van der Waals surface area contributed by atoms with Gasteiger partial charge in [0.15, 0.2) is 5.69 Å². The Balaban J connectivity index is 1.56. The molecule has 1 amide bonds. The van der Waals surface area contributed by atoms with E-state index in [4.69, 9.17) is 19.3 Å². The molecule has 1 fully saturated rings. The number of benzene rings is 2. The molecule has 0 unspecified atom stereocenters. The zero-order valence-electron chi connectivity index (χ0n) is 23.1. The molecule has 2 aliphatic heterocycles. The van der Waals surface area contributed by atoms with Gasteiger partial charge in [0.05, 0.1) is 43.4 Å². The smallest absolute Gasteiger partial charge is 0.325 e. The first kappa shape index (κ1) is 27.4. The summed E-state index contributed by atoms with van der Waals surface area (Å²) in [5, 5.41) is 17.9. The van der Waals surface area contributed by atoms with Crippen LogP contribution in [0.2, 0.25) is 0 Å². The van der Waals surface area contributed by atoms with Gasteiger partial charge in [-0.1, -0.05) is 0 Å². The molecule has 1 N–H and O–H groups in total. The second-order valence-electron chi connectivity index (χ2n) is 10.7. The summed E-state index contributed by atoms with van der Waals surface area (Å²) in [6, 6.07) is 6.45. The first-order chi connectivity index (χ1) is 20.1. The van der Waals surface area contributed by atoms with Gasteiger partial charge in [-0.3, -0.25) is 14.3 Å². The predicted molar refractivity (Wildman–Crippen MR) is 145 cm³/mol. The lowest BCUT2D eigenvalue weighted by atomic mass is 9.96. The van der Waals surface area contributed by atoms with Crippen LogP contribution in [0.25, 0.3) is 28.1 Å². The molecule has 4 aromatic rings. The lowest BCUT2D eigenvalue weighted by molar-refractivity contribution is -0.137. The fourth-order valence-electron chi connectivity index (χ4n) is 5.38. The van der Waals surface area contributed by atoms with Gasteiger partial charge in [-0.05, 0) is 32.0 Å². The number of hydrogen-bond donors (Lipinski definition) is 1. The van der Waals surface area contributed by atoms with Gasteiger partial charge in [-0.15, -0.1) is 0 Å². The van der Waals surface area contributed by atoms with Crippen molar-refractivity contribution in [2.75, 3.05) is 26.9 Å². The average Bonchev–Trinajstić information content (AvgIpc) is 3.56. The third kappa shape index (κ3) is 4.75. The van der Waals surface area contributed by atoms with Crippen LogP contribution in [0.1, 0.15) is 29.9 Å². The normalized spacial score (nSPS) is 15.5. The number of morpholine rings is 1. The summed E-state index contributed by atoms with van der Waals surface area (Å²) in [5.41, 5.74) is 2.08. The van der Waals surface area contributed by atoms with Crippen molar-refractivity contribution in [3.63, 3.8) is 0 Å². The molecule has 2 aliphatic rings. The molecular weight excluding hydrogens is 552 g/mol. The van der Waals surface area contributed by atoms with E-state index in [-0.39, 0.29) is 30.4 Å². The summed E-state index contributed by atoms with van der Waals surface area (Å²) in [5.74, 6) is -2.17. The molecule has 42 heavy (non-hydrogen) atoms. The number of carboxylic acid groups (broad SMARTS) is 1. The molecule has 4 heterocycles. The molecule has 218 valence electrons. The number of carbonyl (C=O) groups is 2. The van der Waals surface area contributed by atoms with E-state index in [2.05, 4.69) is 10.2 Å². The molecule has 2 aromatic heterocycles. The number of carbonyl (C=O) groups excluding carboxylic acids is 1. The molecule has 0 bridgehead atoms. The van der Waals surface area contributed by atoms with Crippen LogP contribution in [0.4, 0.5) is 8.78 Å². The lowest BCUT2D eigenvalue weighted by Gasteiger charge is -2.41. The highest BCUT2D eigenvalue weighted by Gasteiger charge is 2.39. The number of nitrogens with zero attached hydrogens (tertiary/aromatic N) is 5. The summed E-state index contributed by atoms with van der Waals surface area (Å²) in [6.07, 6.45) is 3.07. The van der Waals surface area contributed by atoms with Crippen LogP contribution >= 0.6 is 0 Å². The number of amides is 1. The molecule has 2 aromatic carbocycles. The number of aromatic nitrogens is 4. The minimum Gasteiger partial charge on any atom is -0.496 e. The molecule has 0 radical (unpaired) electrons. The van der Waals surface area contributed by atoms with Crippen molar-refractivity contribution in [1.82, 2.24) is 24.5 Å². The third-order valence-corrected chi connectivity index (χ3v) is 7.34. The topological polar surface area (TPSA) is 121 Å². The second-order valence-corrected chi connectivity index (χ2v) is 10.7. The van der Waals surface area contributed by atoms with Crippen molar-refractivity contribution in [3.05, 3.63) is 65.6 Å². The largest absolute Gasteiger partial charge is 0.496 e. The van der Waals surface area contributed by atoms with Crippen molar-refractivity contribution in [2.24, 2.45) is 0 Å². The highest BCUT2D eigenvalue weighted by atomic mass is 19.1. The number of aliphatic carboxylic acids is 1. The van der Waals surface area contributed by atoms with Gasteiger partial charge >= 0.3 is 5.97 Å². The molecule has 0 atom stereocenters. The van der Waals surface area contributed by atoms with E-state index in [0.29, 0.717) is 59.2 Å². The van der Waals surface area contributed by atoms with Crippen LogP contribution in [0.5, 0.6) is 11.5 Å². The first-order valence-corrected chi connectivity index (χ1v) is 13.1. The molecule has 0 spiro atoms. The van der Waals surface area contributed by atoms with Gasteiger partial charge in [-0.25, -0.2) is 13.5 Å². The fourth-order valence-corrected chi connectivity index (χ4v) is 5.38. The zero-order valence-corrected chi connectivity index (χ0v) is 23.1. The minimum atomic E-state index is -1.05. The maximum absolute atomic E-state index is 14.4. The predicted octanol–water partition coefficient (Wildman–Crippen LogP) is 3.92.